The number of ether oxygens (including phenoxy) is 1. The van der Waals surface area contributed by atoms with Crippen LogP contribution in [0.25, 0.3) is 0 Å². The number of anilines is 1. The van der Waals surface area contributed by atoms with Gasteiger partial charge in [0.25, 0.3) is 5.91 Å². The fourth-order valence-corrected chi connectivity index (χ4v) is 2.74. The first-order valence-electron chi connectivity index (χ1n) is 7.95. The quantitative estimate of drug-likeness (QED) is 0.852. The molecular weight excluding hydrogens is 363 g/mol. The van der Waals surface area contributed by atoms with Gasteiger partial charge in [-0.1, -0.05) is 0 Å². The number of halogens is 2. The Morgan fingerprint density at radius 3 is 2.62 bits per heavy atom. The van der Waals surface area contributed by atoms with Crippen molar-refractivity contribution in [2.45, 2.75) is 32.9 Å². The SMILES string of the molecule is CCOC(=O)n1nc2c(c1NC(=O)c1ccc(F)cc1)CNC2(C)C.Cl. The summed E-state index contributed by atoms with van der Waals surface area (Å²) in [6, 6.07) is 5.15. The minimum atomic E-state index is -0.665. The van der Waals surface area contributed by atoms with E-state index in [4.69, 9.17) is 4.74 Å². The highest BCUT2D eigenvalue weighted by Gasteiger charge is 2.37. The van der Waals surface area contributed by atoms with E-state index in [1.165, 1.54) is 24.3 Å². The third-order valence-corrected chi connectivity index (χ3v) is 4.06. The number of hydrogen-bond acceptors (Lipinski definition) is 5. The van der Waals surface area contributed by atoms with E-state index in [2.05, 4.69) is 15.7 Å². The zero-order valence-corrected chi connectivity index (χ0v) is 15.4. The van der Waals surface area contributed by atoms with Gasteiger partial charge < -0.3 is 15.4 Å². The third-order valence-electron chi connectivity index (χ3n) is 4.06. The lowest BCUT2D eigenvalue weighted by molar-refractivity contribution is 0.102. The first-order valence-corrected chi connectivity index (χ1v) is 7.95. The molecule has 140 valence electrons. The number of carbonyl (C=O) groups excluding carboxylic acids is 2. The molecule has 0 spiro atoms. The molecular formula is C17H20ClFN4O3. The second-order valence-corrected chi connectivity index (χ2v) is 6.23. The maximum Gasteiger partial charge on any atom is 0.436 e. The maximum absolute atomic E-state index is 13.0. The monoisotopic (exact) mass is 382 g/mol. The van der Waals surface area contributed by atoms with Gasteiger partial charge in [-0.05, 0) is 45.0 Å². The number of fused-ring (bicyclic) bond motifs is 1. The molecule has 0 fully saturated rings. The Morgan fingerprint density at radius 2 is 2.00 bits per heavy atom. The van der Waals surface area contributed by atoms with Crippen molar-refractivity contribution in [3.8, 4) is 0 Å². The van der Waals surface area contributed by atoms with Crippen molar-refractivity contribution in [1.82, 2.24) is 15.1 Å². The topological polar surface area (TPSA) is 85.2 Å². The Kier molecular flexibility index (Phi) is 5.68. The molecule has 1 aromatic heterocycles. The lowest BCUT2D eigenvalue weighted by Gasteiger charge is -2.17. The highest BCUT2D eigenvalue weighted by molar-refractivity contribution is 6.05. The Hall–Kier alpha value is -2.45. The summed E-state index contributed by atoms with van der Waals surface area (Å²) in [4.78, 5) is 24.7. The van der Waals surface area contributed by atoms with E-state index in [9.17, 15) is 14.0 Å². The van der Waals surface area contributed by atoms with Gasteiger partial charge in [0.05, 0.1) is 17.8 Å². The minimum Gasteiger partial charge on any atom is -0.448 e. The van der Waals surface area contributed by atoms with Crippen LogP contribution in [0.15, 0.2) is 24.3 Å². The van der Waals surface area contributed by atoms with Crippen LogP contribution in [-0.4, -0.2) is 28.4 Å². The molecule has 26 heavy (non-hydrogen) atoms. The zero-order valence-electron chi connectivity index (χ0n) is 14.6. The molecule has 2 N–H and O–H groups in total. The zero-order chi connectivity index (χ0) is 18.2. The number of aromatic nitrogens is 2. The largest absolute Gasteiger partial charge is 0.448 e. The van der Waals surface area contributed by atoms with Gasteiger partial charge in [-0.2, -0.15) is 5.10 Å². The van der Waals surface area contributed by atoms with Gasteiger partial charge in [-0.25, -0.2) is 9.18 Å². The molecule has 1 aromatic carbocycles. The van der Waals surface area contributed by atoms with Gasteiger partial charge in [0.1, 0.15) is 11.6 Å². The van der Waals surface area contributed by atoms with Gasteiger partial charge in [0.2, 0.25) is 0 Å². The molecule has 1 aliphatic heterocycles. The molecule has 1 aliphatic rings. The molecule has 1 amide bonds. The summed E-state index contributed by atoms with van der Waals surface area (Å²) in [6.45, 7) is 6.22. The highest BCUT2D eigenvalue weighted by Crippen LogP contribution is 2.34. The van der Waals surface area contributed by atoms with Crippen LogP contribution >= 0.6 is 12.4 Å². The molecule has 0 unspecified atom stereocenters. The summed E-state index contributed by atoms with van der Waals surface area (Å²) < 4.78 is 19.1. The van der Waals surface area contributed by atoms with Crippen molar-refractivity contribution in [3.63, 3.8) is 0 Å². The predicted octanol–water partition coefficient (Wildman–Crippen LogP) is 3.04. The number of rotatable bonds is 3. The number of benzene rings is 1. The normalized spacial score (nSPS) is 14.3. The summed E-state index contributed by atoms with van der Waals surface area (Å²) in [7, 11) is 0. The lowest BCUT2D eigenvalue weighted by atomic mass is 10.0. The van der Waals surface area contributed by atoms with Crippen LogP contribution in [0.3, 0.4) is 0 Å². The Balaban J connectivity index is 0.00000243. The number of nitrogens with one attached hydrogen (secondary N) is 2. The molecule has 0 saturated heterocycles. The van der Waals surface area contributed by atoms with E-state index in [0.717, 1.165) is 10.2 Å². The van der Waals surface area contributed by atoms with Crippen LogP contribution in [0.1, 0.15) is 42.4 Å². The fourth-order valence-electron chi connectivity index (χ4n) is 2.74. The smallest absolute Gasteiger partial charge is 0.436 e. The van der Waals surface area contributed by atoms with E-state index < -0.39 is 23.4 Å². The number of nitrogens with zero attached hydrogens (tertiary/aromatic N) is 2. The molecule has 0 bridgehead atoms. The molecule has 2 aromatic rings. The van der Waals surface area contributed by atoms with E-state index in [0.29, 0.717) is 12.2 Å². The van der Waals surface area contributed by atoms with Crippen LogP contribution in [0.2, 0.25) is 0 Å². The van der Waals surface area contributed by atoms with Crippen LogP contribution in [0, 0.1) is 5.82 Å². The van der Waals surface area contributed by atoms with Crippen molar-refractivity contribution in [1.29, 1.82) is 0 Å². The average molecular weight is 383 g/mol. The second-order valence-electron chi connectivity index (χ2n) is 6.23. The van der Waals surface area contributed by atoms with Crippen molar-refractivity contribution in [2.24, 2.45) is 0 Å². The van der Waals surface area contributed by atoms with E-state index in [1.54, 1.807) is 6.92 Å². The van der Waals surface area contributed by atoms with Gasteiger partial charge in [-0.15, -0.1) is 17.1 Å². The third kappa shape index (κ3) is 3.56. The standard InChI is InChI=1S/C17H19FN4O3.ClH/c1-4-25-16(24)22-14(12-9-19-17(2,3)13(12)21-22)20-15(23)10-5-7-11(18)8-6-10;/h5-8,19H,4,9H2,1-3H3,(H,20,23);1H. The van der Waals surface area contributed by atoms with Crippen molar-refractivity contribution in [3.05, 3.63) is 46.9 Å². The number of hydrogen-bond donors (Lipinski definition) is 2. The summed E-state index contributed by atoms with van der Waals surface area (Å²) in [6.07, 6.45) is -0.665. The van der Waals surface area contributed by atoms with E-state index >= 15 is 0 Å². The molecule has 9 heteroatoms. The molecule has 3 rings (SSSR count). The van der Waals surface area contributed by atoms with Crippen LogP contribution in [-0.2, 0) is 16.8 Å². The van der Waals surface area contributed by atoms with Crippen LogP contribution in [0.5, 0.6) is 0 Å². The molecule has 0 atom stereocenters. The Morgan fingerprint density at radius 1 is 1.35 bits per heavy atom. The average Bonchev–Trinajstić information content (AvgIpc) is 3.07. The molecule has 0 aliphatic carbocycles. The van der Waals surface area contributed by atoms with Crippen molar-refractivity contribution in [2.75, 3.05) is 11.9 Å². The van der Waals surface area contributed by atoms with Gasteiger partial charge in [0.15, 0.2) is 0 Å². The molecule has 0 saturated carbocycles. The van der Waals surface area contributed by atoms with Crippen LogP contribution in [0.4, 0.5) is 15.0 Å². The first-order chi connectivity index (χ1) is 11.8. The van der Waals surface area contributed by atoms with Gasteiger partial charge >= 0.3 is 6.09 Å². The summed E-state index contributed by atoms with van der Waals surface area (Å²) in [5.41, 5.74) is 1.25. The van der Waals surface area contributed by atoms with Gasteiger partial charge in [0, 0.05) is 17.7 Å². The van der Waals surface area contributed by atoms with Crippen molar-refractivity contribution < 1.29 is 18.7 Å². The predicted molar refractivity (Wildman–Crippen MR) is 96.1 cm³/mol. The molecule has 2 heterocycles. The summed E-state index contributed by atoms with van der Waals surface area (Å²) >= 11 is 0. The second kappa shape index (κ2) is 7.43. The molecule has 7 nitrogen and oxygen atoms in total. The number of carbonyl (C=O) groups is 2. The number of amides is 1. The maximum atomic E-state index is 13.0. The van der Waals surface area contributed by atoms with Gasteiger partial charge in [-0.3, -0.25) is 4.79 Å². The molecule has 0 radical (unpaired) electrons. The highest BCUT2D eigenvalue weighted by atomic mass is 35.5. The lowest BCUT2D eigenvalue weighted by Crippen LogP contribution is -2.31. The van der Waals surface area contributed by atoms with E-state index in [1.807, 2.05) is 13.8 Å². The van der Waals surface area contributed by atoms with Crippen LogP contribution < -0.4 is 10.6 Å². The first kappa shape index (κ1) is 19.9. The van der Waals surface area contributed by atoms with Crippen molar-refractivity contribution >= 4 is 30.2 Å². The fraction of sp³-hybridized carbons (Fsp3) is 0.353. The minimum absolute atomic E-state index is 0. The summed E-state index contributed by atoms with van der Waals surface area (Å²) in [5, 5.41) is 10.3. The Bertz CT molecular complexity index is 833. The Labute approximate surface area is 156 Å². The summed E-state index contributed by atoms with van der Waals surface area (Å²) in [5.74, 6) is -0.626. The van der Waals surface area contributed by atoms with E-state index in [-0.39, 0.29) is 30.4 Å².